The molecule has 0 aliphatic carbocycles. The van der Waals surface area contributed by atoms with Crippen molar-refractivity contribution in [3.63, 3.8) is 0 Å². The van der Waals surface area contributed by atoms with E-state index in [1.807, 2.05) is 0 Å². The Morgan fingerprint density at radius 1 is 1.07 bits per heavy atom. The van der Waals surface area contributed by atoms with E-state index in [9.17, 15) is 4.79 Å². The van der Waals surface area contributed by atoms with E-state index in [4.69, 9.17) is 34.5 Å². The summed E-state index contributed by atoms with van der Waals surface area (Å²) >= 11 is 0. The summed E-state index contributed by atoms with van der Waals surface area (Å²) in [7, 11) is -1.42. The van der Waals surface area contributed by atoms with Gasteiger partial charge in [0.1, 0.15) is 24.4 Å². The second-order valence-corrected chi connectivity index (χ2v) is 2.61. The van der Waals surface area contributed by atoms with Crippen molar-refractivity contribution in [2.45, 2.75) is 24.4 Å². The first-order valence-electron chi connectivity index (χ1n) is 3.73. The van der Waals surface area contributed by atoms with Crippen molar-refractivity contribution in [2.24, 2.45) is 0 Å². The average molecular weight is 240 g/mol. The van der Waals surface area contributed by atoms with Gasteiger partial charge in [-0.05, 0) is 0 Å². The number of rotatable bonds is 5. The molecular weight excluding hydrogens is 228 g/mol. The van der Waals surface area contributed by atoms with Crippen molar-refractivity contribution in [3.8, 4) is 0 Å². The smallest absolute Gasteiger partial charge is 0.394 e. The van der Waals surface area contributed by atoms with E-state index in [1.54, 1.807) is 0 Å². The van der Waals surface area contributed by atoms with E-state index in [0.717, 1.165) is 0 Å². The minimum atomic E-state index is -1.79. The van der Waals surface area contributed by atoms with Gasteiger partial charge < -0.3 is 30.3 Å². The normalized spacial score (nSPS) is 17.4. The lowest BCUT2D eigenvalue weighted by atomic mass is 10.0. The maximum Gasteiger partial charge on any atom is 0.549 e. The Morgan fingerprint density at radius 2 is 1.47 bits per heavy atom. The van der Waals surface area contributed by atoms with Crippen LogP contribution < -0.4 is 0 Å². The molecule has 0 saturated carbocycles. The lowest BCUT2D eigenvalue weighted by Crippen LogP contribution is -2.46. The molecule has 0 rings (SSSR count). The highest BCUT2D eigenvalue weighted by molar-refractivity contribution is 5.94. The second-order valence-electron chi connectivity index (χ2n) is 2.44. The van der Waals surface area contributed by atoms with Gasteiger partial charge in [0.2, 0.25) is 0 Å². The van der Waals surface area contributed by atoms with Crippen LogP contribution in [0.2, 0.25) is 0 Å². The maximum absolute atomic E-state index is 9.90. The van der Waals surface area contributed by atoms with Crippen LogP contribution in [-0.2, 0) is 13.7 Å². The Labute approximate surface area is 86.7 Å². The minimum Gasteiger partial charge on any atom is -0.394 e. The Hall–Kier alpha value is -0.713. The summed E-state index contributed by atoms with van der Waals surface area (Å²) in [4.78, 5) is 9.90. The van der Waals surface area contributed by atoms with Crippen LogP contribution in [0.4, 0.5) is 0 Å². The lowest BCUT2D eigenvalue weighted by molar-refractivity contribution is -0.136. The van der Waals surface area contributed by atoms with Gasteiger partial charge in [-0.15, -0.1) is 0 Å². The molecule has 0 bridgehead atoms. The Morgan fingerprint density at radius 3 is 1.73 bits per heavy atom. The van der Waals surface area contributed by atoms with E-state index in [1.165, 1.54) is 0 Å². The number of carbonyl (C=O) groups is 1. The number of aliphatic hydroxyl groups is 5. The van der Waals surface area contributed by atoms with Crippen LogP contribution in [-0.4, -0.2) is 72.1 Å². The van der Waals surface area contributed by atoms with Gasteiger partial charge in [-0.3, -0.25) is 8.92 Å². The Balaban J connectivity index is 0. The fraction of sp³-hybridized carbons (Fsp3) is 0.833. The predicted octanol–water partition coefficient (Wildman–Crippen LogP) is -4.00. The van der Waals surface area contributed by atoms with Crippen molar-refractivity contribution in [1.82, 2.24) is 0 Å². The monoisotopic (exact) mass is 240 g/mol. The molecule has 0 unspecified atom stereocenters. The number of hydrogen-bond acceptors (Lipinski definition) is 8. The summed E-state index contributed by atoms with van der Waals surface area (Å²) in [6, 6.07) is 0. The molecule has 9 heteroatoms. The molecule has 0 aliphatic rings. The number of carbonyl (C=O) groups excluding carboxylic acids is 1. The second kappa shape index (κ2) is 9.83. The van der Waals surface area contributed by atoms with Gasteiger partial charge in [0, 0.05) is 0 Å². The summed E-state index contributed by atoms with van der Waals surface area (Å²) < 4.78 is 16.8. The summed E-state index contributed by atoms with van der Waals surface area (Å²) in [5.41, 5.74) is 0. The molecule has 5 N–H and O–H groups in total. The van der Waals surface area contributed by atoms with Gasteiger partial charge in [-0.1, -0.05) is 0 Å². The van der Waals surface area contributed by atoms with Gasteiger partial charge in [0.15, 0.2) is 6.29 Å². The van der Waals surface area contributed by atoms with Crippen molar-refractivity contribution in [3.05, 3.63) is 0 Å². The SMILES string of the molecule is O=C[C@H](O)[C@@H](O)[C@H](O)[C@H](O)CO.O=[Si]=O. The highest BCUT2D eigenvalue weighted by atomic mass is 28.2. The van der Waals surface area contributed by atoms with Crippen molar-refractivity contribution < 1.29 is 39.3 Å². The van der Waals surface area contributed by atoms with E-state index >= 15 is 0 Å². The molecule has 0 saturated heterocycles. The summed E-state index contributed by atoms with van der Waals surface area (Å²) in [5.74, 6) is 0. The molecular formula is C6H12O8Si. The van der Waals surface area contributed by atoms with Crippen LogP contribution >= 0.6 is 0 Å². The maximum atomic E-state index is 9.90. The van der Waals surface area contributed by atoms with Gasteiger partial charge in [0.25, 0.3) is 0 Å². The summed E-state index contributed by atoms with van der Waals surface area (Å²) in [6.07, 6.45) is -6.84. The number of aliphatic hydroxyl groups excluding tert-OH is 5. The van der Waals surface area contributed by atoms with Crippen molar-refractivity contribution in [1.29, 1.82) is 0 Å². The van der Waals surface area contributed by atoms with Crippen LogP contribution in [0.15, 0.2) is 0 Å². The zero-order chi connectivity index (χ0) is 12.4. The third-order valence-electron chi connectivity index (χ3n) is 1.42. The van der Waals surface area contributed by atoms with Crippen LogP contribution in [0.25, 0.3) is 0 Å². The molecule has 0 spiro atoms. The first-order valence-corrected chi connectivity index (χ1v) is 4.55. The highest BCUT2D eigenvalue weighted by Crippen LogP contribution is 2.02. The van der Waals surface area contributed by atoms with Crippen LogP contribution in [0.5, 0.6) is 0 Å². The van der Waals surface area contributed by atoms with Gasteiger partial charge in [0.05, 0.1) is 6.61 Å². The third kappa shape index (κ3) is 7.24. The zero-order valence-corrected chi connectivity index (χ0v) is 8.55. The zero-order valence-electron chi connectivity index (χ0n) is 7.55. The van der Waals surface area contributed by atoms with Gasteiger partial charge in [-0.2, -0.15) is 0 Å². The van der Waals surface area contributed by atoms with E-state index in [2.05, 4.69) is 0 Å². The lowest BCUT2D eigenvalue weighted by Gasteiger charge is -2.22. The predicted molar refractivity (Wildman–Crippen MR) is 44.3 cm³/mol. The third-order valence-corrected chi connectivity index (χ3v) is 1.42. The van der Waals surface area contributed by atoms with Crippen LogP contribution in [0.3, 0.4) is 0 Å². The topological polar surface area (TPSA) is 152 Å². The standard InChI is InChI=1S/C6H12O6.O2Si/c7-1-3(9)5(11)6(12)4(10)2-8;1-3-2/h1,3-6,8-12H,2H2;/t3-,4+,5+,6+;/m0./s1. The molecule has 0 aromatic heterocycles. The Bertz CT molecular complexity index is 203. The summed E-state index contributed by atoms with van der Waals surface area (Å²) in [5, 5.41) is 43.5. The molecule has 8 nitrogen and oxygen atoms in total. The molecule has 4 atom stereocenters. The Kier molecular flexibility index (Phi) is 10.9. The molecule has 0 aromatic rings. The first kappa shape index (κ1) is 16.7. The van der Waals surface area contributed by atoms with Crippen molar-refractivity contribution in [2.75, 3.05) is 6.61 Å². The molecule has 0 amide bonds. The van der Waals surface area contributed by atoms with Gasteiger partial charge >= 0.3 is 9.29 Å². The van der Waals surface area contributed by atoms with E-state index in [-0.39, 0.29) is 6.29 Å². The largest absolute Gasteiger partial charge is 0.549 e. The van der Waals surface area contributed by atoms with Crippen molar-refractivity contribution >= 4 is 15.6 Å². The molecule has 0 fully saturated rings. The van der Waals surface area contributed by atoms with Crippen LogP contribution in [0, 0.1) is 0 Å². The fourth-order valence-corrected chi connectivity index (χ4v) is 0.618. The average Bonchev–Trinajstić information content (AvgIpc) is 2.25. The van der Waals surface area contributed by atoms with E-state index < -0.39 is 40.3 Å². The molecule has 0 aromatic carbocycles. The molecule has 15 heavy (non-hydrogen) atoms. The van der Waals surface area contributed by atoms with Gasteiger partial charge in [-0.25, -0.2) is 0 Å². The first-order chi connectivity index (χ1) is 6.95. The quantitative estimate of drug-likeness (QED) is 0.241. The minimum absolute atomic E-state index is 0.0258. The molecule has 0 heterocycles. The number of hydrogen-bond donors (Lipinski definition) is 5. The molecule has 0 radical (unpaired) electrons. The molecule has 0 aliphatic heterocycles. The number of aldehydes is 1. The molecule has 88 valence electrons. The van der Waals surface area contributed by atoms with E-state index in [0.29, 0.717) is 0 Å². The van der Waals surface area contributed by atoms with Crippen LogP contribution in [0.1, 0.15) is 0 Å². The highest BCUT2D eigenvalue weighted by Gasteiger charge is 2.29. The fourth-order valence-electron chi connectivity index (χ4n) is 0.618. The summed E-state index contributed by atoms with van der Waals surface area (Å²) in [6.45, 7) is -0.760.